The van der Waals surface area contributed by atoms with Crippen molar-refractivity contribution in [2.24, 2.45) is 5.14 Å². The number of primary sulfonamides is 1. The Labute approximate surface area is 101 Å². The summed E-state index contributed by atoms with van der Waals surface area (Å²) in [6.07, 6.45) is 3.43. The summed E-state index contributed by atoms with van der Waals surface area (Å²) >= 11 is 0. The first kappa shape index (κ1) is 12.2. The summed E-state index contributed by atoms with van der Waals surface area (Å²) in [4.78, 5) is 2.24. The topological polar surface area (TPSA) is 89.4 Å². The van der Waals surface area contributed by atoms with E-state index in [0.717, 1.165) is 31.6 Å². The predicted octanol–water partition coefficient (Wildman–Crippen LogP) is 0.906. The van der Waals surface area contributed by atoms with Crippen molar-refractivity contribution in [3.05, 3.63) is 18.2 Å². The third-order valence-electron chi connectivity index (χ3n) is 3.03. The van der Waals surface area contributed by atoms with Crippen LogP contribution in [0.2, 0.25) is 0 Å². The zero-order chi connectivity index (χ0) is 12.5. The Morgan fingerprint density at radius 2 is 1.76 bits per heavy atom. The van der Waals surface area contributed by atoms with Crippen LogP contribution in [0.3, 0.4) is 0 Å². The van der Waals surface area contributed by atoms with Crippen molar-refractivity contribution in [2.75, 3.05) is 23.7 Å². The SMILES string of the molecule is Nc1ccc(S(N)(=O)=O)cc1N1CCCCC1. The fourth-order valence-electron chi connectivity index (χ4n) is 2.11. The lowest BCUT2D eigenvalue weighted by Gasteiger charge is -2.30. The third kappa shape index (κ3) is 2.70. The lowest BCUT2D eigenvalue weighted by Crippen LogP contribution is -2.30. The van der Waals surface area contributed by atoms with Crippen LogP contribution >= 0.6 is 0 Å². The molecule has 0 atom stereocenters. The zero-order valence-corrected chi connectivity index (χ0v) is 10.4. The monoisotopic (exact) mass is 255 g/mol. The molecule has 1 fully saturated rings. The predicted molar refractivity (Wildman–Crippen MR) is 68.3 cm³/mol. The molecule has 2 rings (SSSR count). The van der Waals surface area contributed by atoms with Gasteiger partial charge in [-0.05, 0) is 37.5 Å². The highest BCUT2D eigenvalue weighted by Crippen LogP contribution is 2.28. The van der Waals surface area contributed by atoms with E-state index in [2.05, 4.69) is 4.90 Å². The van der Waals surface area contributed by atoms with E-state index in [0.29, 0.717) is 5.69 Å². The quantitative estimate of drug-likeness (QED) is 0.768. The summed E-state index contributed by atoms with van der Waals surface area (Å²) < 4.78 is 22.6. The van der Waals surface area contributed by atoms with E-state index >= 15 is 0 Å². The molecule has 1 aromatic rings. The van der Waals surface area contributed by atoms with Crippen molar-refractivity contribution in [3.8, 4) is 0 Å². The van der Waals surface area contributed by atoms with E-state index in [1.807, 2.05) is 0 Å². The molecule has 1 aliphatic rings. The molecule has 1 aliphatic heterocycles. The second-order valence-electron chi connectivity index (χ2n) is 4.31. The maximum absolute atomic E-state index is 11.3. The minimum Gasteiger partial charge on any atom is -0.397 e. The van der Waals surface area contributed by atoms with Crippen molar-refractivity contribution < 1.29 is 8.42 Å². The first-order chi connectivity index (χ1) is 7.98. The molecule has 4 N–H and O–H groups in total. The Morgan fingerprint density at radius 3 is 2.35 bits per heavy atom. The standard InChI is InChI=1S/C11H17N3O2S/c12-10-5-4-9(17(13,15)16)8-11(10)14-6-2-1-3-7-14/h4-5,8H,1-3,6-7,12H2,(H2,13,15,16). The smallest absolute Gasteiger partial charge is 0.238 e. The van der Waals surface area contributed by atoms with E-state index in [4.69, 9.17) is 10.9 Å². The van der Waals surface area contributed by atoms with Gasteiger partial charge in [0.25, 0.3) is 0 Å². The van der Waals surface area contributed by atoms with Crippen LogP contribution in [-0.4, -0.2) is 21.5 Å². The van der Waals surface area contributed by atoms with Gasteiger partial charge in [-0.2, -0.15) is 0 Å². The molecule has 0 aliphatic carbocycles. The van der Waals surface area contributed by atoms with Crippen LogP contribution < -0.4 is 15.8 Å². The van der Waals surface area contributed by atoms with Gasteiger partial charge < -0.3 is 10.6 Å². The Bertz CT molecular complexity index is 507. The highest BCUT2D eigenvalue weighted by atomic mass is 32.2. The summed E-state index contributed by atoms with van der Waals surface area (Å²) in [6.45, 7) is 1.83. The summed E-state index contributed by atoms with van der Waals surface area (Å²) in [6, 6.07) is 4.61. The first-order valence-electron chi connectivity index (χ1n) is 5.66. The fourth-order valence-corrected chi connectivity index (χ4v) is 2.64. The van der Waals surface area contributed by atoms with Gasteiger partial charge in [0, 0.05) is 13.1 Å². The molecular formula is C11H17N3O2S. The third-order valence-corrected chi connectivity index (χ3v) is 3.94. The normalized spacial score (nSPS) is 17.1. The van der Waals surface area contributed by atoms with E-state index in [1.54, 1.807) is 12.1 Å². The van der Waals surface area contributed by atoms with Gasteiger partial charge in [0.2, 0.25) is 10.0 Å². The number of sulfonamides is 1. The Morgan fingerprint density at radius 1 is 1.12 bits per heavy atom. The molecule has 1 aromatic carbocycles. The van der Waals surface area contributed by atoms with Gasteiger partial charge in [-0.1, -0.05) is 0 Å². The summed E-state index contributed by atoms with van der Waals surface area (Å²) in [7, 11) is -3.66. The largest absolute Gasteiger partial charge is 0.397 e. The molecule has 0 radical (unpaired) electrons. The Balaban J connectivity index is 2.38. The number of anilines is 2. The number of piperidine rings is 1. The van der Waals surface area contributed by atoms with E-state index in [9.17, 15) is 8.42 Å². The van der Waals surface area contributed by atoms with Crippen molar-refractivity contribution >= 4 is 21.4 Å². The maximum Gasteiger partial charge on any atom is 0.238 e. The van der Waals surface area contributed by atoms with Crippen LogP contribution in [0.15, 0.2) is 23.1 Å². The molecule has 5 nitrogen and oxygen atoms in total. The minimum absolute atomic E-state index is 0.118. The second kappa shape index (κ2) is 4.54. The van der Waals surface area contributed by atoms with Gasteiger partial charge >= 0.3 is 0 Å². The second-order valence-corrected chi connectivity index (χ2v) is 5.87. The van der Waals surface area contributed by atoms with Crippen LogP contribution in [0.1, 0.15) is 19.3 Å². The van der Waals surface area contributed by atoms with E-state index in [-0.39, 0.29) is 4.90 Å². The van der Waals surface area contributed by atoms with Crippen LogP contribution in [0.25, 0.3) is 0 Å². The summed E-state index contributed by atoms with van der Waals surface area (Å²) in [5, 5.41) is 5.12. The average molecular weight is 255 g/mol. The molecular weight excluding hydrogens is 238 g/mol. The molecule has 0 saturated carbocycles. The van der Waals surface area contributed by atoms with Gasteiger partial charge in [-0.3, -0.25) is 0 Å². The fraction of sp³-hybridized carbons (Fsp3) is 0.455. The Kier molecular flexibility index (Phi) is 3.26. The molecule has 0 amide bonds. The number of nitrogens with zero attached hydrogens (tertiary/aromatic N) is 1. The van der Waals surface area contributed by atoms with Gasteiger partial charge in [0.15, 0.2) is 0 Å². The van der Waals surface area contributed by atoms with Gasteiger partial charge in [-0.25, -0.2) is 13.6 Å². The number of hydrogen-bond donors (Lipinski definition) is 2. The molecule has 17 heavy (non-hydrogen) atoms. The average Bonchev–Trinajstić information content (AvgIpc) is 2.29. The maximum atomic E-state index is 11.3. The number of nitrogens with two attached hydrogens (primary N) is 2. The molecule has 6 heteroatoms. The molecule has 1 heterocycles. The van der Waals surface area contributed by atoms with Crippen LogP contribution in [0.5, 0.6) is 0 Å². The number of rotatable bonds is 2. The number of benzene rings is 1. The molecule has 1 saturated heterocycles. The van der Waals surface area contributed by atoms with Crippen molar-refractivity contribution in [1.29, 1.82) is 0 Å². The van der Waals surface area contributed by atoms with Crippen LogP contribution in [0.4, 0.5) is 11.4 Å². The summed E-state index contributed by atoms with van der Waals surface area (Å²) in [5.41, 5.74) is 7.26. The molecule has 0 unspecified atom stereocenters. The van der Waals surface area contributed by atoms with Crippen molar-refractivity contribution in [3.63, 3.8) is 0 Å². The molecule has 94 valence electrons. The zero-order valence-electron chi connectivity index (χ0n) is 9.59. The Hall–Kier alpha value is -1.27. The van der Waals surface area contributed by atoms with E-state index < -0.39 is 10.0 Å². The minimum atomic E-state index is -3.66. The highest BCUT2D eigenvalue weighted by molar-refractivity contribution is 7.89. The van der Waals surface area contributed by atoms with Gasteiger partial charge in [0.1, 0.15) is 0 Å². The van der Waals surface area contributed by atoms with Gasteiger partial charge in [0.05, 0.1) is 16.3 Å². The van der Waals surface area contributed by atoms with Crippen molar-refractivity contribution in [2.45, 2.75) is 24.2 Å². The van der Waals surface area contributed by atoms with Crippen LogP contribution in [-0.2, 0) is 10.0 Å². The molecule has 0 aromatic heterocycles. The van der Waals surface area contributed by atoms with Crippen molar-refractivity contribution in [1.82, 2.24) is 0 Å². The first-order valence-corrected chi connectivity index (χ1v) is 7.20. The van der Waals surface area contributed by atoms with E-state index in [1.165, 1.54) is 12.5 Å². The molecule has 0 spiro atoms. The highest BCUT2D eigenvalue weighted by Gasteiger charge is 2.16. The molecule has 0 bridgehead atoms. The van der Waals surface area contributed by atoms with Crippen LogP contribution in [0, 0.1) is 0 Å². The number of hydrogen-bond acceptors (Lipinski definition) is 4. The summed E-state index contributed by atoms with van der Waals surface area (Å²) in [5.74, 6) is 0. The van der Waals surface area contributed by atoms with Gasteiger partial charge in [-0.15, -0.1) is 0 Å². The lowest BCUT2D eigenvalue weighted by molar-refractivity contribution is 0.577. The lowest BCUT2D eigenvalue weighted by atomic mass is 10.1. The number of nitrogen functional groups attached to an aromatic ring is 1.